The smallest absolute Gasteiger partial charge is 0.0994 e. The minimum atomic E-state index is 0.774. The number of rotatable bonds is 0. The van der Waals surface area contributed by atoms with Gasteiger partial charge in [-0.15, -0.1) is 0 Å². The standard InChI is InChI=1S/C18H14N2/c19-11-17-9-13-1-2-14-4-6-16(18(10-14)12-20)8-7-15(17)5-3-13/h3-6,9-10H,1-2,7-8H2. The van der Waals surface area contributed by atoms with Gasteiger partial charge < -0.3 is 0 Å². The Kier molecular flexibility index (Phi) is 3.23. The van der Waals surface area contributed by atoms with Gasteiger partial charge in [-0.3, -0.25) is 0 Å². The molecule has 2 aromatic carbocycles. The molecule has 2 aromatic rings. The summed E-state index contributed by atoms with van der Waals surface area (Å²) < 4.78 is 0. The van der Waals surface area contributed by atoms with Gasteiger partial charge in [-0.2, -0.15) is 10.5 Å². The van der Waals surface area contributed by atoms with Gasteiger partial charge in [0.05, 0.1) is 23.3 Å². The van der Waals surface area contributed by atoms with Crippen molar-refractivity contribution < 1.29 is 0 Å². The van der Waals surface area contributed by atoms with E-state index in [1.807, 2.05) is 12.1 Å². The van der Waals surface area contributed by atoms with Crippen LogP contribution >= 0.6 is 0 Å². The van der Waals surface area contributed by atoms with E-state index in [0.717, 1.165) is 47.9 Å². The minimum Gasteiger partial charge on any atom is -0.192 e. The maximum Gasteiger partial charge on any atom is 0.0994 e. The summed E-state index contributed by atoms with van der Waals surface area (Å²) in [5.41, 5.74) is 6.07. The van der Waals surface area contributed by atoms with Crippen LogP contribution in [0.2, 0.25) is 0 Å². The Morgan fingerprint density at radius 1 is 0.650 bits per heavy atom. The van der Waals surface area contributed by atoms with Crippen molar-refractivity contribution in [1.29, 1.82) is 10.5 Å². The lowest BCUT2D eigenvalue weighted by Crippen LogP contribution is -2.02. The third kappa shape index (κ3) is 2.29. The van der Waals surface area contributed by atoms with E-state index in [0.29, 0.717) is 0 Å². The fourth-order valence-corrected chi connectivity index (χ4v) is 2.76. The maximum absolute atomic E-state index is 9.27. The molecule has 4 bridgehead atoms. The first-order valence-electron chi connectivity index (χ1n) is 6.84. The van der Waals surface area contributed by atoms with Crippen molar-refractivity contribution in [1.82, 2.24) is 0 Å². The largest absolute Gasteiger partial charge is 0.192 e. The monoisotopic (exact) mass is 258 g/mol. The van der Waals surface area contributed by atoms with Crippen LogP contribution < -0.4 is 0 Å². The number of hydrogen-bond donors (Lipinski definition) is 0. The molecule has 6 rings (SSSR count). The molecule has 0 amide bonds. The molecule has 2 nitrogen and oxygen atoms in total. The van der Waals surface area contributed by atoms with E-state index in [2.05, 4.69) is 36.4 Å². The first-order valence-corrected chi connectivity index (χ1v) is 6.84. The second-order valence-electron chi connectivity index (χ2n) is 5.21. The molecule has 4 aliphatic carbocycles. The zero-order valence-corrected chi connectivity index (χ0v) is 11.2. The summed E-state index contributed by atoms with van der Waals surface area (Å²) in [4.78, 5) is 0. The van der Waals surface area contributed by atoms with Crippen LogP contribution in [0.15, 0.2) is 36.4 Å². The fraction of sp³-hybridized carbons (Fsp3) is 0.222. The van der Waals surface area contributed by atoms with Gasteiger partial charge in [0.25, 0.3) is 0 Å². The van der Waals surface area contributed by atoms with Crippen molar-refractivity contribution >= 4 is 0 Å². The van der Waals surface area contributed by atoms with Crippen LogP contribution in [0.3, 0.4) is 0 Å². The molecule has 0 heterocycles. The van der Waals surface area contributed by atoms with Crippen molar-refractivity contribution in [3.8, 4) is 12.1 Å². The highest BCUT2D eigenvalue weighted by Crippen LogP contribution is 2.20. The number of benzene rings is 2. The average Bonchev–Trinajstić information content (AvgIpc) is 2.49. The van der Waals surface area contributed by atoms with E-state index in [4.69, 9.17) is 0 Å². The van der Waals surface area contributed by atoms with Crippen LogP contribution in [0, 0.1) is 22.7 Å². The van der Waals surface area contributed by atoms with Gasteiger partial charge in [0, 0.05) is 0 Å². The van der Waals surface area contributed by atoms with Gasteiger partial charge in [0.2, 0.25) is 0 Å². The first-order chi connectivity index (χ1) is 9.80. The van der Waals surface area contributed by atoms with Crippen molar-refractivity contribution in [3.63, 3.8) is 0 Å². The molecule has 0 fully saturated rings. The Labute approximate surface area is 118 Å². The molecule has 0 saturated heterocycles. The number of nitrogens with zero attached hydrogens (tertiary/aromatic N) is 2. The van der Waals surface area contributed by atoms with Gasteiger partial charge >= 0.3 is 0 Å². The number of nitriles is 2. The Morgan fingerprint density at radius 2 is 1.10 bits per heavy atom. The predicted molar refractivity (Wildman–Crippen MR) is 77.1 cm³/mol. The van der Waals surface area contributed by atoms with Crippen molar-refractivity contribution in [2.24, 2.45) is 0 Å². The molecule has 0 spiro atoms. The lowest BCUT2D eigenvalue weighted by atomic mass is 9.91. The topological polar surface area (TPSA) is 47.6 Å². The summed E-state index contributed by atoms with van der Waals surface area (Å²) in [6, 6.07) is 17.0. The third-order valence-corrected chi connectivity index (χ3v) is 3.96. The molecule has 0 radical (unpaired) electrons. The van der Waals surface area contributed by atoms with E-state index >= 15 is 0 Å². The molecule has 0 unspecified atom stereocenters. The molecule has 0 saturated carbocycles. The predicted octanol–water partition coefficient (Wildman–Crippen LogP) is 3.31. The summed E-state index contributed by atoms with van der Waals surface area (Å²) in [5.74, 6) is 0. The van der Waals surface area contributed by atoms with E-state index in [1.54, 1.807) is 0 Å². The van der Waals surface area contributed by atoms with E-state index in [-0.39, 0.29) is 0 Å². The third-order valence-electron chi connectivity index (χ3n) is 3.96. The van der Waals surface area contributed by atoms with Gasteiger partial charge in [-0.05, 0) is 60.1 Å². The summed E-state index contributed by atoms with van der Waals surface area (Å²) >= 11 is 0. The molecule has 2 heteroatoms. The maximum atomic E-state index is 9.27. The molecular formula is C18H14N2. The molecule has 20 heavy (non-hydrogen) atoms. The molecule has 0 aliphatic heterocycles. The summed E-state index contributed by atoms with van der Waals surface area (Å²) in [5, 5.41) is 18.5. The second-order valence-corrected chi connectivity index (χ2v) is 5.21. The van der Waals surface area contributed by atoms with E-state index in [1.165, 1.54) is 11.1 Å². The number of aryl methyl sites for hydroxylation is 4. The van der Waals surface area contributed by atoms with Crippen LogP contribution in [0.25, 0.3) is 0 Å². The Bertz CT molecular complexity index is 679. The molecule has 0 aromatic heterocycles. The van der Waals surface area contributed by atoms with Gasteiger partial charge in [-0.1, -0.05) is 24.3 Å². The first kappa shape index (κ1) is 12.5. The summed E-state index contributed by atoms with van der Waals surface area (Å²) in [7, 11) is 0. The van der Waals surface area contributed by atoms with Crippen LogP contribution in [-0.2, 0) is 25.7 Å². The highest BCUT2D eigenvalue weighted by Gasteiger charge is 2.10. The van der Waals surface area contributed by atoms with Gasteiger partial charge in [0.15, 0.2) is 0 Å². The second kappa shape index (κ2) is 5.19. The Balaban J connectivity index is 2.08. The molecule has 96 valence electrons. The van der Waals surface area contributed by atoms with Crippen molar-refractivity contribution in [2.45, 2.75) is 25.7 Å². The van der Waals surface area contributed by atoms with E-state index in [9.17, 15) is 10.5 Å². The lowest BCUT2D eigenvalue weighted by molar-refractivity contribution is 0.914. The van der Waals surface area contributed by atoms with Crippen LogP contribution in [0.5, 0.6) is 0 Å². The molecule has 4 aliphatic rings. The summed E-state index contributed by atoms with van der Waals surface area (Å²) in [6.45, 7) is 0. The number of hydrogen-bond acceptors (Lipinski definition) is 2. The zero-order valence-electron chi connectivity index (χ0n) is 11.2. The van der Waals surface area contributed by atoms with Gasteiger partial charge in [-0.25, -0.2) is 0 Å². The molecule has 0 atom stereocenters. The minimum absolute atomic E-state index is 0.774. The molecular weight excluding hydrogens is 244 g/mol. The Hall–Kier alpha value is -2.58. The SMILES string of the molecule is N#Cc1cc2ccc1CCc1ccc(cc1C#N)CC2. The quantitative estimate of drug-likeness (QED) is 0.727. The lowest BCUT2D eigenvalue weighted by Gasteiger charge is -2.12. The van der Waals surface area contributed by atoms with Crippen LogP contribution in [0.4, 0.5) is 0 Å². The normalized spacial score (nSPS) is 13.1. The fourth-order valence-electron chi connectivity index (χ4n) is 2.76. The average molecular weight is 258 g/mol. The zero-order chi connectivity index (χ0) is 13.9. The van der Waals surface area contributed by atoms with Crippen molar-refractivity contribution in [2.75, 3.05) is 0 Å². The van der Waals surface area contributed by atoms with Crippen molar-refractivity contribution in [3.05, 3.63) is 69.8 Å². The highest BCUT2D eigenvalue weighted by molar-refractivity contribution is 5.45. The van der Waals surface area contributed by atoms with E-state index < -0.39 is 0 Å². The summed E-state index contributed by atoms with van der Waals surface area (Å²) in [6.07, 6.45) is 3.41. The Morgan fingerprint density at radius 3 is 1.50 bits per heavy atom. The highest BCUT2D eigenvalue weighted by atomic mass is 14.3. The molecule has 0 N–H and O–H groups in total. The van der Waals surface area contributed by atoms with Crippen LogP contribution in [-0.4, -0.2) is 0 Å². The van der Waals surface area contributed by atoms with Crippen LogP contribution in [0.1, 0.15) is 33.4 Å². The van der Waals surface area contributed by atoms with Gasteiger partial charge in [0.1, 0.15) is 0 Å².